The van der Waals surface area contributed by atoms with Crippen LogP contribution < -0.4 is 4.74 Å². The van der Waals surface area contributed by atoms with Crippen molar-refractivity contribution in [1.82, 2.24) is 0 Å². The maximum atomic E-state index is 11.3. The zero-order valence-corrected chi connectivity index (χ0v) is 10.3. The van der Waals surface area contributed by atoms with Gasteiger partial charge in [-0.2, -0.15) is 0 Å². The molecule has 2 aromatic rings. The predicted octanol–water partition coefficient (Wildman–Crippen LogP) is 2.99. The van der Waals surface area contributed by atoms with Gasteiger partial charge in [0.05, 0.1) is 14.2 Å². The van der Waals surface area contributed by atoms with Crippen molar-refractivity contribution in [2.45, 2.75) is 0 Å². The van der Waals surface area contributed by atoms with Crippen LogP contribution in [0, 0.1) is 0 Å². The van der Waals surface area contributed by atoms with Crippen LogP contribution in [0.2, 0.25) is 0 Å². The van der Waals surface area contributed by atoms with Crippen LogP contribution in [0.5, 0.6) is 5.75 Å². The fourth-order valence-electron chi connectivity index (χ4n) is 1.44. The Morgan fingerprint density at radius 2 is 2.06 bits per heavy atom. The third-order valence-corrected chi connectivity index (χ3v) is 2.61. The molecule has 0 aliphatic carbocycles. The van der Waals surface area contributed by atoms with Crippen molar-refractivity contribution in [2.75, 3.05) is 14.2 Å². The standard InChI is InChI=1S/C11H9BrO4/c1-14-8-5-7(12)3-6-4-9(11(13)15-2)16-10(6)8/h3-5H,1-2H3. The van der Waals surface area contributed by atoms with Gasteiger partial charge in [0.2, 0.25) is 5.76 Å². The number of esters is 1. The first-order valence-electron chi connectivity index (χ1n) is 4.51. The van der Waals surface area contributed by atoms with E-state index in [1.165, 1.54) is 7.11 Å². The molecular formula is C11H9BrO4. The zero-order chi connectivity index (χ0) is 11.7. The smallest absolute Gasteiger partial charge is 0.373 e. The summed E-state index contributed by atoms with van der Waals surface area (Å²) in [6.07, 6.45) is 0. The third-order valence-electron chi connectivity index (χ3n) is 2.15. The molecule has 0 unspecified atom stereocenters. The number of carbonyl (C=O) groups excluding carboxylic acids is 1. The number of halogens is 1. The Bertz CT molecular complexity index is 544. The van der Waals surface area contributed by atoms with Crippen molar-refractivity contribution in [2.24, 2.45) is 0 Å². The van der Waals surface area contributed by atoms with Gasteiger partial charge in [-0.25, -0.2) is 4.79 Å². The van der Waals surface area contributed by atoms with E-state index in [2.05, 4.69) is 20.7 Å². The first kappa shape index (κ1) is 11.0. The molecule has 5 heteroatoms. The lowest BCUT2D eigenvalue weighted by molar-refractivity contribution is 0.0567. The highest BCUT2D eigenvalue weighted by Crippen LogP contribution is 2.32. The van der Waals surface area contributed by atoms with Crippen LogP contribution in [-0.2, 0) is 4.74 Å². The van der Waals surface area contributed by atoms with Crippen molar-refractivity contribution in [3.05, 3.63) is 28.4 Å². The quantitative estimate of drug-likeness (QED) is 0.796. The Hall–Kier alpha value is -1.49. The van der Waals surface area contributed by atoms with Crippen LogP contribution in [0.4, 0.5) is 0 Å². The van der Waals surface area contributed by atoms with Crippen molar-refractivity contribution in [3.8, 4) is 5.75 Å². The normalized spacial score (nSPS) is 10.4. The van der Waals surface area contributed by atoms with E-state index in [9.17, 15) is 4.79 Å². The summed E-state index contributed by atoms with van der Waals surface area (Å²) in [5, 5.41) is 0.784. The van der Waals surface area contributed by atoms with Gasteiger partial charge in [0.25, 0.3) is 0 Å². The van der Waals surface area contributed by atoms with Crippen molar-refractivity contribution in [1.29, 1.82) is 0 Å². The molecule has 1 heterocycles. The molecule has 0 saturated carbocycles. The lowest BCUT2D eigenvalue weighted by Gasteiger charge is -2.00. The minimum Gasteiger partial charge on any atom is -0.493 e. The second kappa shape index (κ2) is 4.17. The fourth-order valence-corrected chi connectivity index (χ4v) is 1.89. The van der Waals surface area contributed by atoms with Crippen LogP contribution in [0.15, 0.2) is 27.1 Å². The maximum absolute atomic E-state index is 11.3. The van der Waals surface area contributed by atoms with Crippen LogP contribution in [0.25, 0.3) is 11.0 Å². The van der Waals surface area contributed by atoms with Crippen molar-refractivity contribution >= 4 is 32.9 Å². The Balaban J connectivity index is 2.64. The van der Waals surface area contributed by atoms with E-state index >= 15 is 0 Å². The van der Waals surface area contributed by atoms with Gasteiger partial charge in [-0.1, -0.05) is 15.9 Å². The van der Waals surface area contributed by atoms with E-state index in [1.54, 1.807) is 19.2 Å². The molecule has 1 aromatic carbocycles. The first-order chi connectivity index (χ1) is 7.65. The van der Waals surface area contributed by atoms with E-state index in [-0.39, 0.29) is 5.76 Å². The fraction of sp³-hybridized carbons (Fsp3) is 0.182. The molecule has 0 atom stereocenters. The number of ether oxygens (including phenoxy) is 2. The molecule has 0 radical (unpaired) electrons. The van der Waals surface area contributed by atoms with E-state index in [0.29, 0.717) is 11.3 Å². The highest BCUT2D eigenvalue weighted by atomic mass is 79.9. The van der Waals surface area contributed by atoms with Gasteiger partial charge < -0.3 is 13.9 Å². The average molecular weight is 285 g/mol. The van der Waals surface area contributed by atoms with E-state index in [0.717, 1.165) is 9.86 Å². The molecule has 0 amide bonds. The Kier molecular flexibility index (Phi) is 2.87. The lowest BCUT2D eigenvalue weighted by Crippen LogP contribution is -1.97. The first-order valence-corrected chi connectivity index (χ1v) is 5.30. The number of benzene rings is 1. The predicted molar refractivity (Wildman–Crippen MR) is 61.8 cm³/mol. The molecule has 0 aliphatic heterocycles. The molecule has 4 nitrogen and oxygen atoms in total. The highest BCUT2D eigenvalue weighted by Gasteiger charge is 2.15. The monoisotopic (exact) mass is 284 g/mol. The maximum Gasteiger partial charge on any atom is 0.373 e. The largest absolute Gasteiger partial charge is 0.493 e. The molecule has 0 aliphatic rings. The number of furan rings is 1. The summed E-state index contributed by atoms with van der Waals surface area (Å²) in [5.41, 5.74) is 0.533. The second-order valence-electron chi connectivity index (χ2n) is 3.13. The molecular weight excluding hydrogens is 276 g/mol. The van der Waals surface area contributed by atoms with Gasteiger partial charge in [-0.3, -0.25) is 0 Å². The SMILES string of the molecule is COC(=O)c1cc2cc(Br)cc(OC)c2o1. The molecule has 0 spiro atoms. The van der Waals surface area contributed by atoms with E-state index < -0.39 is 5.97 Å². The van der Waals surface area contributed by atoms with Gasteiger partial charge in [-0.05, 0) is 18.2 Å². The van der Waals surface area contributed by atoms with Crippen LogP contribution in [0.1, 0.15) is 10.6 Å². The third kappa shape index (κ3) is 1.78. The topological polar surface area (TPSA) is 48.7 Å². The summed E-state index contributed by atoms with van der Waals surface area (Å²) in [6.45, 7) is 0. The second-order valence-corrected chi connectivity index (χ2v) is 4.04. The van der Waals surface area contributed by atoms with E-state index in [4.69, 9.17) is 9.15 Å². The van der Waals surface area contributed by atoms with Gasteiger partial charge in [0, 0.05) is 9.86 Å². The van der Waals surface area contributed by atoms with Crippen LogP contribution in [-0.4, -0.2) is 20.2 Å². The number of fused-ring (bicyclic) bond motifs is 1. The lowest BCUT2D eigenvalue weighted by atomic mass is 10.2. The van der Waals surface area contributed by atoms with Crippen molar-refractivity contribution < 1.29 is 18.7 Å². The number of methoxy groups -OCH3 is 2. The summed E-state index contributed by atoms with van der Waals surface area (Å²) >= 11 is 3.35. The van der Waals surface area contributed by atoms with Gasteiger partial charge >= 0.3 is 5.97 Å². The summed E-state index contributed by atoms with van der Waals surface area (Å²) < 4.78 is 16.0. The number of hydrogen-bond donors (Lipinski definition) is 0. The van der Waals surface area contributed by atoms with Gasteiger partial charge in [0.15, 0.2) is 11.3 Å². The summed E-state index contributed by atoms with van der Waals surface area (Å²) in [4.78, 5) is 11.3. The Labute approximate surface area is 100 Å². The molecule has 16 heavy (non-hydrogen) atoms. The Morgan fingerprint density at radius 3 is 2.69 bits per heavy atom. The minimum atomic E-state index is -0.505. The minimum absolute atomic E-state index is 0.161. The zero-order valence-electron chi connectivity index (χ0n) is 8.74. The molecule has 84 valence electrons. The summed E-state index contributed by atoms with van der Waals surface area (Å²) in [7, 11) is 2.85. The molecule has 0 fully saturated rings. The van der Waals surface area contributed by atoms with Crippen molar-refractivity contribution in [3.63, 3.8) is 0 Å². The number of rotatable bonds is 2. The molecule has 1 aromatic heterocycles. The van der Waals surface area contributed by atoms with Gasteiger partial charge in [-0.15, -0.1) is 0 Å². The number of hydrogen-bond acceptors (Lipinski definition) is 4. The average Bonchev–Trinajstić information content (AvgIpc) is 2.70. The summed E-state index contributed by atoms with van der Waals surface area (Å²) in [6, 6.07) is 5.23. The number of carbonyl (C=O) groups is 1. The molecule has 0 bridgehead atoms. The van der Waals surface area contributed by atoms with Crippen LogP contribution in [0.3, 0.4) is 0 Å². The van der Waals surface area contributed by atoms with Gasteiger partial charge in [0.1, 0.15) is 0 Å². The molecule has 0 N–H and O–H groups in total. The van der Waals surface area contributed by atoms with Crippen LogP contribution >= 0.6 is 15.9 Å². The highest BCUT2D eigenvalue weighted by molar-refractivity contribution is 9.10. The molecule has 2 rings (SSSR count). The summed E-state index contributed by atoms with van der Waals surface area (Å²) in [5.74, 6) is 0.225. The Morgan fingerprint density at radius 1 is 1.31 bits per heavy atom. The van der Waals surface area contributed by atoms with E-state index in [1.807, 2.05) is 6.07 Å². The molecule has 0 saturated heterocycles.